The number of rotatable bonds is 3. The first-order chi connectivity index (χ1) is 10.4. The summed E-state index contributed by atoms with van der Waals surface area (Å²) >= 11 is 0. The van der Waals surface area contributed by atoms with E-state index < -0.39 is 0 Å². The molecular weight excluding hydrogens is 277 g/mol. The Labute approximate surface area is 131 Å². The van der Waals surface area contributed by atoms with E-state index in [2.05, 4.69) is 4.98 Å². The van der Waals surface area contributed by atoms with Crippen LogP contribution in [0.4, 0.5) is 0 Å². The van der Waals surface area contributed by atoms with Gasteiger partial charge in [-0.3, -0.25) is 4.98 Å². The van der Waals surface area contributed by atoms with E-state index in [0.717, 1.165) is 17.1 Å². The smallest absolute Gasteiger partial charge is 0.457 e. The fraction of sp³-hybridized carbons (Fsp3) is 0.353. The molecule has 0 saturated carbocycles. The number of hydrogen-bond acceptors (Lipinski definition) is 4. The number of pyridine rings is 1. The monoisotopic (exact) mass is 297 g/mol. The molecule has 1 aliphatic heterocycles. The van der Waals surface area contributed by atoms with Crippen molar-refractivity contribution in [2.75, 3.05) is 0 Å². The molecule has 1 aliphatic rings. The van der Waals surface area contributed by atoms with Gasteiger partial charge in [0.15, 0.2) is 0 Å². The minimum absolute atomic E-state index is 0.327. The van der Waals surface area contributed by atoms with Crippen molar-refractivity contribution in [3.63, 3.8) is 0 Å². The predicted octanol–water partition coefficient (Wildman–Crippen LogP) is 3.99. The minimum Gasteiger partial charge on any atom is -0.457 e. The van der Waals surface area contributed by atoms with E-state index in [4.69, 9.17) is 13.7 Å². The minimum atomic E-state index is -0.364. The number of hydrogen-bond donors (Lipinski definition) is 0. The van der Waals surface area contributed by atoms with E-state index in [0.29, 0.717) is 0 Å². The number of aromatic nitrogens is 1. The van der Waals surface area contributed by atoms with E-state index in [-0.39, 0.29) is 18.3 Å². The molecule has 0 radical (unpaired) electrons. The fourth-order valence-corrected chi connectivity index (χ4v) is 2.25. The van der Waals surface area contributed by atoms with E-state index >= 15 is 0 Å². The summed E-state index contributed by atoms with van der Waals surface area (Å²) in [5.74, 6) is 3.43. The summed E-state index contributed by atoms with van der Waals surface area (Å²) in [7, 11) is -0.364. The summed E-state index contributed by atoms with van der Waals surface area (Å²) in [5, 5.41) is 0. The zero-order chi connectivity index (χ0) is 15.8. The standard InChI is InChI=1S/C17H20BNO3/c1-16(2)17(3,4)22-18(21-16)10-9-14-7-8-15(20-14)13-6-5-11-19-12-13/h5-12H,1-4H3/b10-9+. The third kappa shape index (κ3) is 2.87. The van der Waals surface area contributed by atoms with Crippen molar-refractivity contribution < 1.29 is 13.7 Å². The predicted molar refractivity (Wildman–Crippen MR) is 87.1 cm³/mol. The van der Waals surface area contributed by atoms with Gasteiger partial charge in [0.1, 0.15) is 11.5 Å². The van der Waals surface area contributed by atoms with E-state index in [1.807, 2.05) is 64.0 Å². The molecule has 22 heavy (non-hydrogen) atoms. The summed E-state index contributed by atoms with van der Waals surface area (Å²) in [6.07, 6.45) is 5.40. The summed E-state index contributed by atoms with van der Waals surface area (Å²) < 4.78 is 17.6. The van der Waals surface area contributed by atoms with Crippen LogP contribution >= 0.6 is 0 Å². The van der Waals surface area contributed by atoms with Crippen LogP contribution in [0.25, 0.3) is 17.4 Å². The van der Waals surface area contributed by atoms with Crippen LogP contribution in [0.2, 0.25) is 0 Å². The Morgan fingerprint density at radius 1 is 1.05 bits per heavy atom. The first kappa shape index (κ1) is 15.1. The van der Waals surface area contributed by atoms with Crippen LogP contribution < -0.4 is 0 Å². The largest absolute Gasteiger partial charge is 0.487 e. The quantitative estimate of drug-likeness (QED) is 0.804. The van der Waals surface area contributed by atoms with Gasteiger partial charge >= 0.3 is 7.12 Å². The highest BCUT2D eigenvalue weighted by Gasteiger charge is 2.50. The van der Waals surface area contributed by atoms with Gasteiger partial charge in [0.25, 0.3) is 0 Å². The lowest BCUT2D eigenvalue weighted by atomic mass is 9.90. The van der Waals surface area contributed by atoms with Crippen molar-refractivity contribution in [3.8, 4) is 11.3 Å². The molecule has 2 aromatic heterocycles. The van der Waals surface area contributed by atoms with Gasteiger partial charge in [-0.15, -0.1) is 0 Å². The number of furan rings is 1. The van der Waals surface area contributed by atoms with Gasteiger partial charge in [0, 0.05) is 18.0 Å². The van der Waals surface area contributed by atoms with Crippen LogP contribution in [0, 0.1) is 0 Å². The Morgan fingerprint density at radius 2 is 1.77 bits per heavy atom. The van der Waals surface area contributed by atoms with Crippen LogP contribution in [-0.4, -0.2) is 23.3 Å². The molecule has 2 aromatic rings. The SMILES string of the molecule is CC1(C)OB(/C=C/c2ccc(-c3cccnc3)o2)OC1(C)C. The molecule has 0 spiro atoms. The highest BCUT2D eigenvalue weighted by Crippen LogP contribution is 2.37. The molecule has 0 N–H and O–H groups in total. The van der Waals surface area contributed by atoms with Crippen LogP contribution in [0.3, 0.4) is 0 Å². The maximum Gasteiger partial charge on any atom is 0.487 e. The first-order valence-corrected chi connectivity index (χ1v) is 7.41. The van der Waals surface area contributed by atoms with Crippen molar-refractivity contribution in [1.29, 1.82) is 0 Å². The zero-order valence-corrected chi connectivity index (χ0v) is 13.4. The first-order valence-electron chi connectivity index (χ1n) is 7.41. The van der Waals surface area contributed by atoms with Crippen molar-refractivity contribution >= 4 is 13.2 Å². The zero-order valence-electron chi connectivity index (χ0n) is 13.4. The summed E-state index contributed by atoms with van der Waals surface area (Å²) in [4.78, 5) is 4.09. The van der Waals surface area contributed by atoms with Gasteiger partial charge in [-0.05, 0) is 58.0 Å². The maximum atomic E-state index is 5.92. The van der Waals surface area contributed by atoms with Gasteiger partial charge in [0.2, 0.25) is 0 Å². The number of nitrogens with zero attached hydrogens (tertiary/aromatic N) is 1. The molecule has 0 bridgehead atoms. The topological polar surface area (TPSA) is 44.5 Å². The van der Waals surface area contributed by atoms with Gasteiger partial charge < -0.3 is 13.7 Å². The van der Waals surface area contributed by atoms with Crippen LogP contribution in [0.5, 0.6) is 0 Å². The normalized spacial score (nSPS) is 19.9. The molecule has 0 unspecified atom stereocenters. The Bertz CT molecular complexity index is 660. The van der Waals surface area contributed by atoms with Crippen LogP contribution in [0.1, 0.15) is 33.5 Å². The third-order valence-corrected chi connectivity index (χ3v) is 4.26. The van der Waals surface area contributed by atoms with E-state index in [9.17, 15) is 0 Å². The van der Waals surface area contributed by atoms with Crippen molar-refractivity contribution in [2.24, 2.45) is 0 Å². The van der Waals surface area contributed by atoms with Crippen molar-refractivity contribution in [1.82, 2.24) is 4.98 Å². The average Bonchev–Trinajstić information content (AvgIpc) is 3.01. The van der Waals surface area contributed by atoms with Crippen molar-refractivity contribution in [3.05, 3.63) is 48.4 Å². The summed E-state index contributed by atoms with van der Waals surface area (Å²) in [6, 6.07) is 7.70. The maximum absolute atomic E-state index is 5.92. The van der Waals surface area contributed by atoms with Gasteiger partial charge in [-0.2, -0.15) is 0 Å². The molecule has 1 saturated heterocycles. The second kappa shape index (κ2) is 5.41. The Morgan fingerprint density at radius 3 is 2.41 bits per heavy atom. The van der Waals surface area contributed by atoms with E-state index in [1.54, 1.807) is 12.4 Å². The van der Waals surface area contributed by atoms with Gasteiger partial charge in [-0.1, -0.05) is 5.98 Å². The third-order valence-electron chi connectivity index (χ3n) is 4.26. The molecular formula is C17H20BNO3. The van der Waals surface area contributed by atoms with Gasteiger partial charge in [-0.25, -0.2) is 0 Å². The lowest BCUT2D eigenvalue weighted by Crippen LogP contribution is -2.41. The lowest BCUT2D eigenvalue weighted by molar-refractivity contribution is 0.00578. The second-order valence-corrected chi connectivity index (χ2v) is 6.43. The Balaban J connectivity index is 1.71. The molecule has 5 heteroatoms. The highest BCUT2D eigenvalue weighted by molar-refractivity contribution is 6.52. The van der Waals surface area contributed by atoms with E-state index in [1.165, 1.54) is 0 Å². The van der Waals surface area contributed by atoms with Crippen LogP contribution in [-0.2, 0) is 9.31 Å². The highest BCUT2D eigenvalue weighted by atomic mass is 16.7. The average molecular weight is 297 g/mol. The van der Waals surface area contributed by atoms with Crippen LogP contribution in [0.15, 0.2) is 47.1 Å². The second-order valence-electron chi connectivity index (χ2n) is 6.43. The van der Waals surface area contributed by atoms with Gasteiger partial charge in [0.05, 0.1) is 11.2 Å². The molecule has 0 atom stereocenters. The molecule has 114 valence electrons. The molecule has 1 fully saturated rings. The molecule has 0 amide bonds. The molecule has 4 nitrogen and oxygen atoms in total. The molecule has 3 rings (SSSR count). The lowest BCUT2D eigenvalue weighted by Gasteiger charge is -2.32. The van der Waals surface area contributed by atoms with Crippen molar-refractivity contribution in [2.45, 2.75) is 38.9 Å². The Hall–Kier alpha value is -1.85. The summed E-state index contributed by atoms with van der Waals surface area (Å²) in [6.45, 7) is 8.14. The summed E-state index contributed by atoms with van der Waals surface area (Å²) in [5.41, 5.74) is 0.302. The molecule has 0 aromatic carbocycles. The fourth-order valence-electron chi connectivity index (χ4n) is 2.25. The molecule has 3 heterocycles. The molecule has 0 aliphatic carbocycles. The Kier molecular flexibility index (Phi) is 3.71.